The van der Waals surface area contributed by atoms with Crippen molar-refractivity contribution < 1.29 is 4.79 Å². The molecular formula is C13H14N4O. The average Bonchev–Trinajstić information content (AvgIpc) is 2.40. The number of hydrogen-bond donors (Lipinski definition) is 3. The molecule has 0 unspecified atom stereocenters. The van der Waals surface area contributed by atoms with Crippen molar-refractivity contribution in [3.05, 3.63) is 60.7 Å². The molecule has 0 aliphatic rings. The number of hydrogen-bond acceptors (Lipinski definition) is 3. The molecule has 4 N–H and O–H groups in total. The minimum atomic E-state index is -0.637. The monoisotopic (exact) mass is 242 g/mol. The second-order valence-electron chi connectivity index (χ2n) is 3.62. The van der Waals surface area contributed by atoms with E-state index >= 15 is 0 Å². The molecule has 0 saturated heterocycles. The zero-order valence-corrected chi connectivity index (χ0v) is 9.71. The molecule has 0 atom stereocenters. The summed E-state index contributed by atoms with van der Waals surface area (Å²) in [4.78, 5) is 11.0. The van der Waals surface area contributed by atoms with Gasteiger partial charge < -0.3 is 5.73 Å². The van der Waals surface area contributed by atoms with Gasteiger partial charge in [0.05, 0.1) is 11.4 Å². The molecule has 0 aliphatic heterocycles. The Morgan fingerprint density at radius 3 is 2.06 bits per heavy atom. The van der Waals surface area contributed by atoms with E-state index in [1.54, 1.807) is 0 Å². The smallest absolute Gasteiger partial charge is 0.332 e. The number of rotatable bonds is 4. The van der Waals surface area contributed by atoms with E-state index in [-0.39, 0.29) is 0 Å². The van der Waals surface area contributed by atoms with Crippen LogP contribution in [0.2, 0.25) is 0 Å². The third-order valence-electron chi connectivity index (χ3n) is 2.25. The van der Waals surface area contributed by atoms with Crippen molar-refractivity contribution in [3.8, 4) is 0 Å². The summed E-state index contributed by atoms with van der Waals surface area (Å²) in [5.74, 6) is 0. The van der Waals surface area contributed by atoms with Crippen molar-refractivity contribution in [1.29, 1.82) is 0 Å². The van der Waals surface area contributed by atoms with Crippen LogP contribution in [0.15, 0.2) is 60.7 Å². The lowest BCUT2D eigenvalue weighted by Crippen LogP contribution is -2.48. The first-order chi connectivity index (χ1) is 8.75. The van der Waals surface area contributed by atoms with Gasteiger partial charge in [-0.3, -0.25) is 5.43 Å². The number of nitrogens with two attached hydrogens (primary N) is 1. The van der Waals surface area contributed by atoms with Crippen LogP contribution in [0.5, 0.6) is 0 Å². The fourth-order valence-electron chi connectivity index (χ4n) is 1.49. The Morgan fingerprint density at radius 2 is 1.50 bits per heavy atom. The van der Waals surface area contributed by atoms with Crippen molar-refractivity contribution >= 4 is 17.4 Å². The predicted molar refractivity (Wildman–Crippen MR) is 71.7 cm³/mol. The van der Waals surface area contributed by atoms with Gasteiger partial charge in [-0.05, 0) is 24.3 Å². The summed E-state index contributed by atoms with van der Waals surface area (Å²) in [5.41, 5.74) is 12.3. The molecule has 0 bridgehead atoms. The van der Waals surface area contributed by atoms with Crippen molar-refractivity contribution in [1.82, 2.24) is 5.43 Å². The van der Waals surface area contributed by atoms with E-state index in [0.717, 1.165) is 11.4 Å². The number of carbonyl (C=O) groups excluding carboxylic acids is 1. The summed E-state index contributed by atoms with van der Waals surface area (Å²) >= 11 is 0. The maximum absolute atomic E-state index is 11.0. The van der Waals surface area contributed by atoms with Gasteiger partial charge in [-0.2, -0.15) is 5.12 Å². The summed E-state index contributed by atoms with van der Waals surface area (Å²) in [6, 6.07) is 18.2. The molecule has 0 aliphatic carbocycles. The number of amides is 2. The average molecular weight is 242 g/mol. The van der Waals surface area contributed by atoms with Crippen LogP contribution in [0.25, 0.3) is 0 Å². The molecule has 0 fully saturated rings. The van der Waals surface area contributed by atoms with E-state index in [0.29, 0.717) is 0 Å². The summed E-state index contributed by atoms with van der Waals surface area (Å²) in [6.07, 6.45) is 0. The molecule has 2 amide bonds. The lowest BCUT2D eigenvalue weighted by atomic mass is 10.3. The lowest BCUT2D eigenvalue weighted by molar-refractivity contribution is 0.248. The predicted octanol–water partition coefficient (Wildman–Crippen LogP) is 2.10. The quantitative estimate of drug-likeness (QED) is 0.719. The Kier molecular flexibility index (Phi) is 3.66. The maximum Gasteiger partial charge on any atom is 0.332 e. The molecular weight excluding hydrogens is 228 g/mol. The number of nitrogens with zero attached hydrogens (tertiary/aromatic N) is 1. The van der Waals surface area contributed by atoms with E-state index in [2.05, 4.69) is 10.9 Å². The molecule has 0 saturated carbocycles. The standard InChI is InChI=1S/C13H14N4O/c14-13(18)16-17(12-9-5-2-6-10-12)15-11-7-3-1-4-8-11/h1-10,15H,(H3,14,16,18). The van der Waals surface area contributed by atoms with Crippen molar-refractivity contribution in [2.24, 2.45) is 5.73 Å². The molecule has 92 valence electrons. The third-order valence-corrected chi connectivity index (χ3v) is 2.25. The van der Waals surface area contributed by atoms with Gasteiger partial charge in [0, 0.05) is 0 Å². The van der Waals surface area contributed by atoms with E-state index in [4.69, 9.17) is 5.73 Å². The first kappa shape index (κ1) is 11.8. The summed E-state index contributed by atoms with van der Waals surface area (Å²) in [6.45, 7) is 0. The highest BCUT2D eigenvalue weighted by Crippen LogP contribution is 2.13. The number of carbonyl (C=O) groups is 1. The van der Waals surface area contributed by atoms with Gasteiger partial charge in [0.15, 0.2) is 0 Å². The van der Waals surface area contributed by atoms with Gasteiger partial charge in [-0.15, -0.1) is 0 Å². The fraction of sp³-hybridized carbons (Fsp3) is 0. The second-order valence-corrected chi connectivity index (χ2v) is 3.62. The fourth-order valence-corrected chi connectivity index (χ4v) is 1.49. The summed E-state index contributed by atoms with van der Waals surface area (Å²) < 4.78 is 0. The first-order valence-corrected chi connectivity index (χ1v) is 5.48. The van der Waals surface area contributed by atoms with E-state index in [9.17, 15) is 4.79 Å². The molecule has 2 rings (SSSR count). The van der Waals surface area contributed by atoms with Gasteiger partial charge in [-0.25, -0.2) is 10.2 Å². The number of primary amides is 1. The number of para-hydroxylation sites is 2. The molecule has 5 nitrogen and oxygen atoms in total. The highest BCUT2D eigenvalue weighted by molar-refractivity contribution is 5.74. The number of benzene rings is 2. The van der Waals surface area contributed by atoms with Gasteiger partial charge in [0.1, 0.15) is 0 Å². The SMILES string of the molecule is NC(=O)NN(Nc1ccccc1)c1ccccc1. The normalized spacial score (nSPS) is 9.56. The zero-order valence-electron chi connectivity index (χ0n) is 9.71. The van der Waals surface area contributed by atoms with Gasteiger partial charge >= 0.3 is 6.03 Å². The van der Waals surface area contributed by atoms with Crippen LogP contribution in [-0.2, 0) is 0 Å². The summed E-state index contributed by atoms with van der Waals surface area (Å²) in [7, 11) is 0. The number of urea groups is 1. The van der Waals surface area contributed by atoms with Crippen LogP contribution < -0.4 is 21.7 Å². The van der Waals surface area contributed by atoms with E-state index in [1.165, 1.54) is 5.12 Å². The van der Waals surface area contributed by atoms with Crippen LogP contribution in [0, 0.1) is 0 Å². The first-order valence-electron chi connectivity index (χ1n) is 5.48. The maximum atomic E-state index is 11.0. The minimum Gasteiger partial charge on any atom is -0.350 e. The number of hydrazine groups is 2. The molecule has 2 aromatic rings. The van der Waals surface area contributed by atoms with Crippen LogP contribution in [-0.4, -0.2) is 6.03 Å². The Morgan fingerprint density at radius 1 is 0.944 bits per heavy atom. The Labute approximate surface area is 105 Å². The Bertz CT molecular complexity index is 501. The molecule has 5 heteroatoms. The van der Waals surface area contributed by atoms with Crippen molar-refractivity contribution in [2.75, 3.05) is 10.5 Å². The van der Waals surface area contributed by atoms with Crippen LogP contribution >= 0.6 is 0 Å². The zero-order chi connectivity index (χ0) is 12.8. The molecule has 0 aromatic heterocycles. The van der Waals surface area contributed by atoms with Gasteiger partial charge in [0.2, 0.25) is 0 Å². The minimum absolute atomic E-state index is 0.637. The van der Waals surface area contributed by atoms with E-state index < -0.39 is 6.03 Å². The Hall–Kier alpha value is -2.69. The number of nitrogens with one attached hydrogen (secondary N) is 2. The van der Waals surface area contributed by atoms with Gasteiger partial charge in [-0.1, -0.05) is 36.4 Å². The molecule has 0 spiro atoms. The van der Waals surface area contributed by atoms with Crippen molar-refractivity contribution in [3.63, 3.8) is 0 Å². The molecule has 18 heavy (non-hydrogen) atoms. The topological polar surface area (TPSA) is 70.4 Å². The Balaban J connectivity index is 2.18. The number of anilines is 2. The van der Waals surface area contributed by atoms with E-state index in [1.807, 2.05) is 60.7 Å². The second kappa shape index (κ2) is 5.58. The highest BCUT2D eigenvalue weighted by Gasteiger charge is 2.07. The summed E-state index contributed by atoms with van der Waals surface area (Å²) in [5, 5.41) is 1.47. The highest BCUT2D eigenvalue weighted by atomic mass is 16.2. The van der Waals surface area contributed by atoms with Crippen LogP contribution in [0.1, 0.15) is 0 Å². The van der Waals surface area contributed by atoms with Crippen LogP contribution in [0.4, 0.5) is 16.2 Å². The molecule has 0 radical (unpaired) electrons. The van der Waals surface area contributed by atoms with Gasteiger partial charge in [0.25, 0.3) is 0 Å². The molecule has 2 aromatic carbocycles. The lowest BCUT2D eigenvalue weighted by Gasteiger charge is -2.25. The van der Waals surface area contributed by atoms with Crippen molar-refractivity contribution in [2.45, 2.75) is 0 Å². The van der Waals surface area contributed by atoms with Crippen LogP contribution in [0.3, 0.4) is 0 Å². The molecule has 0 heterocycles. The largest absolute Gasteiger partial charge is 0.350 e. The third kappa shape index (κ3) is 3.15.